The average molecular weight is 323 g/mol. The highest BCUT2D eigenvalue weighted by molar-refractivity contribution is 7.13. The number of fused-ring (bicyclic) bond motifs is 3. The fourth-order valence-corrected chi connectivity index (χ4v) is 3.89. The van der Waals surface area contributed by atoms with Gasteiger partial charge in [0, 0.05) is 23.7 Å². The Morgan fingerprint density at radius 1 is 1.22 bits per heavy atom. The average Bonchev–Trinajstić information content (AvgIpc) is 3.23. The summed E-state index contributed by atoms with van der Waals surface area (Å²) in [6, 6.07) is 12.7. The van der Waals surface area contributed by atoms with Gasteiger partial charge in [-0.2, -0.15) is 0 Å². The van der Waals surface area contributed by atoms with Crippen molar-refractivity contribution in [2.75, 3.05) is 13.2 Å². The van der Waals surface area contributed by atoms with Crippen molar-refractivity contribution in [3.8, 4) is 16.8 Å². The van der Waals surface area contributed by atoms with Crippen molar-refractivity contribution in [3.63, 3.8) is 0 Å². The van der Waals surface area contributed by atoms with Gasteiger partial charge in [-0.3, -0.25) is 0 Å². The Morgan fingerprint density at radius 3 is 2.83 bits per heavy atom. The van der Waals surface area contributed by atoms with E-state index in [-0.39, 0.29) is 0 Å². The van der Waals surface area contributed by atoms with Crippen molar-refractivity contribution in [1.29, 1.82) is 0 Å². The predicted octanol–water partition coefficient (Wildman–Crippen LogP) is 3.56. The SMILES string of the molecule is Cc1ccc(-c2csc3c2-n2cccc2C3=NOCCN)cc1. The van der Waals surface area contributed by atoms with Gasteiger partial charge in [-0.15, -0.1) is 11.3 Å². The summed E-state index contributed by atoms with van der Waals surface area (Å²) in [5, 5.41) is 6.51. The van der Waals surface area contributed by atoms with Gasteiger partial charge < -0.3 is 15.1 Å². The van der Waals surface area contributed by atoms with E-state index in [0.29, 0.717) is 13.2 Å². The molecule has 0 radical (unpaired) electrons. The monoisotopic (exact) mass is 323 g/mol. The number of hydrogen-bond donors (Lipinski definition) is 1. The lowest BCUT2D eigenvalue weighted by Crippen LogP contribution is -2.07. The molecule has 0 atom stereocenters. The first kappa shape index (κ1) is 14.2. The van der Waals surface area contributed by atoms with E-state index in [2.05, 4.69) is 58.6 Å². The molecule has 2 aromatic heterocycles. The molecule has 0 fully saturated rings. The minimum Gasteiger partial charge on any atom is -0.394 e. The van der Waals surface area contributed by atoms with Gasteiger partial charge in [0.05, 0.1) is 16.3 Å². The quantitative estimate of drug-likeness (QED) is 0.461. The molecule has 2 N–H and O–H groups in total. The zero-order valence-electron chi connectivity index (χ0n) is 12.8. The van der Waals surface area contributed by atoms with E-state index in [0.717, 1.165) is 16.3 Å². The van der Waals surface area contributed by atoms with Crippen LogP contribution in [0.5, 0.6) is 0 Å². The predicted molar refractivity (Wildman–Crippen MR) is 94.5 cm³/mol. The molecule has 0 spiro atoms. The summed E-state index contributed by atoms with van der Waals surface area (Å²) < 4.78 is 2.19. The van der Waals surface area contributed by atoms with Crippen molar-refractivity contribution < 1.29 is 4.84 Å². The minimum absolute atomic E-state index is 0.426. The number of rotatable bonds is 4. The van der Waals surface area contributed by atoms with Crippen LogP contribution in [0.2, 0.25) is 0 Å². The molecule has 1 aromatic carbocycles. The Bertz CT molecular complexity index is 874. The van der Waals surface area contributed by atoms with E-state index >= 15 is 0 Å². The summed E-state index contributed by atoms with van der Waals surface area (Å²) >= 11 is 1.70. The molecule has 23 heavy (non-hydrogen) atoms. The van der Waals surface area contributed by atoms with Gasteiger partial charge in [-0.25, -0.2) is 0 Å². The third-order valence-corrected chi connectivity index (χ3v) is 4.92. The summed E-state index contributed by atoms with van der Waals surface area (Å²) in [4.78, 5) is 6.48. The second kappa shape index (κ2) is 5.68. The van der Waals surface area contributed by atoms with Gasteiger partial charge in [0.2, 0.25) is 0 Å². The van der Waals surface area contributed by atoms with Gasteiger partial charge in [0.1, 0.15) is 12.3 Å². The molecule has 0 saturated heterocycles. The van der Waals surface area contributed by atoms with E-state index in [9.17, 15) is 0 Å². The summed E-state index contributed by atoms with van der Waals surface area (Å²) in [6.07, 6.45) is 2.07. The number of aryl methyl sites for hydroxylation is 1. The van der Waals surface area contributed by atoms with Crippen LogP contribution in [0, 0.1) is 6.92 Å². The van der Waals surface area contributed by atoms with Crippen molar-refractivity contribution in [2.45, 2.75) is 6.92 Å². The van der Waals surface area contributed by atoms with Crippen LogP contribution >= 0.6 is 11.3 Å². The van der Waals surface area contributed by atoms with E-state index in [1.165, 1.54) is 22.4 Å². The molecule has 0 bridgehead atoms. The van der Waals surface area contributed by atoms with E-state index in [1.54, 1.807) is 11.3 Å². The summed E-state index contributed by atoms with van der Waals surface area (Å²) in [7, 11) is 0. The van der Waals surface area contributed by atoms with Crippen LogP contribution < -0.4 is 5.73 Å². The largest absolute Gasteiger partial charge is 0.394 e. The van der Waals surface area contributed by atoms with Crippen LogP contribution in [-0.4, -0.2) is 23.4 Å². The van der Waals surface area contributed by atoms with Gasteiger partial charge in [-0.1, -0.05) is 35.0 Å². The number of nitrogens with zero attached hydrogens (tertiary/aromatic N) is 2. The van der Waals surface area contributed by atoms with Crippen molar-refractivity contribution in [1.82, 2.24) is 4.57 Å². The van der Waals surface area contributed by atoms with Gasteiger partial charge in [-0.05, 0) is 24.6 Å². The summed E-state index contributed by atoms with van der Waals surface area (Å²) in [5.74, 6) is 0. The number of benzene rings is 1. The summed E-state index contributed by atoms with van der Waals surface area (Å²) in [5.41, 5.74) is 12.3. The topological polar surface area (TPSA) is 52.5 Å². The molecule has 0 unspecified atom stereocenters. The maximum absolute atomic E-state index is 5.48. The molecule has 0 saturated carbocycles. The lowest BCUT2D eigenvalue weighted by Gasteiger charge is -2.05. The minimum atomic E-state index is 0.426. The van der Waals surface area contributed by atoms with Crippen molar-refractivity contribution in [3.05, 3.63) is 64.1 Å². The second-order valence-electron chi connectivity index (χ2n) is 5.52. The molecular weight excluding hydrogens is 306 g/mol. The molecule has 0 amide bonds. The van der Waals surface area contributed by atoms with Crippen LogP contribution in [-0.2, 0) is 4.84 Å². The number of thiophene rings is 1. The zero-order valence-corrected chi connectivity index (χ0v) is 13.6. The fourth-order valence-electron chi connectivity index (χ4n) is 2.83. The molecule has 1 aliphatic heterocycles. The zero-order chi connectivity index (χ0) is 15.8. The van der Waals surface area contributed by atoms with Crippen molar-refractivity contribution >= 4 is 17.0 Å². The van der Waals surface area contributed by atoms with E-state index in [1.807, 2.05) is 6.07 Å². The number of nitrogens with two attached hydrogens (primary N) is 1. The highest BCUT2D eigenvalue weighted by atomic mass is 32.1. The van der Waals surface area contributed by atoms with Crippen LogP contribution in [0.1, 0.15) is 16.1 Å². The summed E-state index contributed by atoms with van der Waals surface area (Å²) in [6.45, 7) is 2.99. The molecule has 5 heteroatoms. The third-order valence-electron chi connectivity index (χ3n) is 3.94. The highest BCUT2D eigenvalue weighted by Gasteiger charge is 2.30. The fraction of sp³-hybridized carbons (Fsp3) is 0.167. The Labute approximate surface area is 138 Å². The van der Waals surface area contributed by atoms with Gasteiger partial charge in [0.25, 0.3) is 0 Å². The Kier molecular flexibility index (Phi) is 3.52. The first-order valence-electron chi connectivity index (χ1n) is 7.56. The molecule has 4 rings (SSSR count). The highest BCUT2D eigenvalue weighted by Crippen LogP contribution is 2.41. The molecule has 3 heterocycles. The lowest BCUT2D eigenvalue weighted by atomic mass is 10.1. The Hall–Kier alpha value is -2.37. The Balaban J connectivity index is 1.84. The number of oxime groups is 1. The van der Waals surface area contributed by atoms with E-state index < -0.39 is 0 Å². The van der Waals surface area contributed by atoms with Crippen LogP contribution in [0.15, 0.2) is 53.1 Å². The third kappa shape index (κ3) is 2.29. The number of aromatic nitrogens is 1. The Morgan fingerprint density at radius 2 is 2.04 bits per heavy atom. The lowest BCUT2D eigenvalue weighted by molar-refractivity contribution is 0.152. The van der Waals surface area contributed by atoms with Crippen LogP contribution in [0.25, 0.3) is 16.8 Å². The van der Waals surface area contributed by atoms with Crippen molar-refractivity contribution in [2.24, 2.45) is 10.9 Å². The normalized spacial score (nSPS) is 14.1. The molecule has 4 nitrogen and oxygen atoms in total. The standard InChI is InChI=1S/C18H17N3OS/c1-12-4-6-13(7-5-12)14-11-23-18-16(20-22-10-8-19)15-3-2-9-21(15)17(14)18/h2-7,9,11H,8,10,19H2,1H3. The molecular formula is C18H17N3OS. The maximum Gasteiger partial charge on any atom is 0.146 e. The molecule has 3 aromatic rings. The maximum atomic E-state index is 5.48. The smallest absolute Gasteiger partial charge is 0.146 e. The molecule has 0 aliphatic carbocycles. The molecule has 116 valence electrons. The first-order valence-corrected chi connectivity index (χ1v) is 8.44. The number of hydrogen-bond acceptors (Lipinski definition) is 4. The second-order valence-corrected chi connectivity index (χ2v) is 6.40. The van der Waals surface area contributed by atoms with E-state index in [4.69, 9.17) is 10.6 Å². The first-order chi connectivity index (χ1) is 11.3. The molecule has 1 aliphatic rings. The van der Waals surface area contributed by atoms with Gasteiger partial charge >= 0.3 is 0 Å². The van der Waals surface area contributed by atoms with Crippen LogP contribution in [0.4, 0.5) is 0 Å². The van der Waals surface area contributed by atoms with Crippen LogP contribution in [0.3, 0.4) is 0 Å². The van der Waals surface area contributed by atoms with Gasteiger partial charge in [0.15, 0.2) is 0 Å².